The number of ether oxygens (including phenoxy) is 2. The summed E-state index contributed by atoms with van der Waals surface area (Å²) in [5.41, 5.74) is 1.28. The lowest BCUT2D eigenvalue weighted by atomic mass is 10.1. The molecule has 108 valence electrons. The van der Waals surface area contributed by atoms with Gasteiger partial charge in [-0.25, -0.2) is 0 Å². The zero-order chi connectivity index (χ0) is 14.1. The van der Waals surface area contributed by atoms with Crippen molar-refractivity contribution in [2.75, 3.05) is 26.9 Å². The summed E-state index contributed by atoms with van der Waals surface area (Å²) in [6.07, 6.45) is 0.947. The van der Waals surface area contributed by atoms with Crippen molar-refractivity contribution in [1.82, 2.24) is 5.32 Å². The molecule has 0 radical (unpaired) electrons. The smallest absolute Gasteiger partial charge is 0.119 e. The molecule has 0 aliphatic heterocycles. The van der Waals surface area contributed by atoms with E-state index in [0.29, 0.717) is 18.6 Å². The predicted molar refractivity (Wildman–Crippen MR) is 79.8 cm³/mol. The monoisotopic (exact) mass is 265 g/mol. The standard InChI is InChI=1S/C16H27NO2/c1-5-17-16(13(2)3)12-19-15-8-6-14(7-9-15)10-11-18-4/h6-9,13,16-17H,5,10-12H2,1-4H3. The lowest BCUT2D eigenvalue weighted by molar-refractivity contribution is 0.202. The zero-order valence-electron chi connectivity index (χ0n) is 12.6. The van der Waals surface area contributed by atoms with Crippen molar-refractivity contribution in [2.24, 2.45) is 5.92 Å². The summed E-state index contributed by atoms with van der Waals surface area (Å²) in [6, 6.07) is 8.68. The van der Waals surface area contributed by atoms with Crippen molar-refractivity contribution < 1.29 is 9.47 Å². The minimum atomic E-state index is 0.401. The van der Waals surface area contributed by atoms with Gasteiger partial charge >= 0.3 is 0 Å². The topological polar surface area (TPSA) is 30.5 Å². The number of nitrogens with one attached hydrogen (secondary N) is 1. The summed E-state index contributed by atoms with van der Waals surface area (Å²) in [5, 5.41) is 3.45. The Labute approximate surface area is 117 Å². The minimum absolute atomic E-state index is 0.401. The molecule has 1 N–H and O–H groups in total. The molecule has 1 atom stereocenters. The summed E-state index contributed by atoms with van der Waals surface area (Å²) < 4.78 is 10.9. The first-order chi connectivity index (χ1) is 9.17. The van der Waals surface area contributed by atoms with Crippen LogP contribution in [0.25, 0.3) is 0 Å². The van der Waals surface area contributed by atoms with Crippen LogP contribution >= 0.6 is 0 Å². The van der Waals surface area contributed by atoms with Crippen LogP contribution in [0.1, 0.15) is 26.3 Å². The van der Waals surface area contributed by atoms with Crippen LogP contribution in [-0.4, -0.2) is 32.9 Å². The van der Waals surface area contributed by atoms with E-state index in [1.165, 1.54) is 5.56 Å². The fourth-order valence-corrected chi connectivity index (χ4v) is 1.91. The number of methoxy groups -OCH3 is 1. The molecule has 0 bridgehead atoms. The predicted octanol–water partition coefficient (Wildman–Crippen LogP) is 2.89. The highest BCUT2D eigenvalue weighted by molar-refractivity contribution is 5.27. The zero-order valence-corrected chi connectivity index (χ0v) is 12.6. The van der Waals surface area contributed by atoms with Gasteiger partial charge in [0.2, 0.25) is 0 Å². The van der Waals surface area contributed by atoms with Crippen molar-refractivity contribution >= 4 is 0 Å². The maximum atomic E-state index is 5.85. The summed E-state index contributed by atoms with van der Waals surface area (Å²) in [6.45, 7) is 9.00. The van der Waals surface area contributed by atoms with Crippen LogP contribution < -0.4 is 10.1 Å². The molecule has 3 heteroatoms. The van der Waals surface area contributed by atoms with Crippen molar-refractivity contribution in [3.63, 3.8) is 0 Å². The molecule has 19 heavy (non-hydrogen) atoms. The van der Waals surface area contributed by atoms with Gasteiger partial charge in [0.25, 0.3) is 0 Å². The molecular weight excluding hydrogens is 238 g/mol. The van der Waals surface area contributed by atoms with Gasteiger partial charge in [0.15, 0.2) is 0 Å². The number of hydrogen-bond donors (Lipinski definition) is 1. The maximum absolute atomic E-state index is 5.85. The van der Waals surface area contributed by atoms with Crippen LogP contribution in [0, 0.1) is 5.92 Å². The van der Waals surface area contributed by atoms with Gasteiger partial charge in [0.05, 0.1) is 6.61 Å². The van der Waals surface area contributed by atoms with Gasteiger partial charge in [-0.3, -0.25) is 0 Å². The van der Waals surface area contributed by atoms with Crippen LogP contribution in [0.15, 0.2) is 24.3 Å². The van der Waals surface area contributed by atoms with Gasteiger partial charge in [-0.15, -0.1) is 0 Å². The van der Waals surface area contributed by atoms with Gasteiger partial charge < -0.3 is 14.8 Å². The molecule has 1 aromatic carbocycles. The van der Waals surface area contributed by atoms with E-state index >= 15 is 0 Å². The van der Waals surface area contributed by atoms with E-state index in [9.17, 15) is 0 Å². The van der Waals surface area contributed by atoms with Gasteiger partial charge in [0, 0.05) is 13.2 Å². The Morgan fingerprint density at radius 2 is 1.84 bits per heavy atom. The van der Waals surface area contributed by atoms with Gasteiger partial charge in [-0.2, -0.15) is 0 Å². The van der Waals surface area contributed by atoms with Gasteiger partial charge in [0.1, 0.15) is 12.4 Å². The highest BCUT2D eigenvalue weighted by atomic mass is 16.5. The molecule has 0 aliphatic rings. The molecule has 1 rings (SSSR count). The second-order valence-electron chi connectivity index (χ2n) is 5.11. The first-order valence-electron chi connectivity index (χ1n) is 7.11. The molecule has 0 fully saturated rings. The Morgan fingerprint density at radius 3 is 2.37 bits per heavy atom. The van der Waals surface area contributed by atoms with Crippen molar-refractivity contribution in [1.29, 1.82) is 0 Å². The van der Waals surface area contributed by atoms with Crippen LogP contribution in [0.4, 0.5) is 0 Å². The van der Waals surface area contributed by atoms with E-state index in [0.717, 1.165) is 25.3 Å². The largest absolute Gasteiger partial charge is 0.492 e. The first kappa shape index (κ1) is 16.0. The lowest BCUT2D eigenvalue weighted by Gasteiger charge is -2.22. The van der Waals surface area contributed by atoms with E-state index in [1.54, 1.807) is 7.11 Å². The second-order valence-corrected chi connectivity index (χ2v) is 5.11. The number of hydrogen-bond acceptors (Lipinski definition) is 3. The maximum Gasteiger partial charge on any atom is 0.119 e. The van der Waals surface area contributed by atoms with Crippen LogP contribution in [0.3, 0.4) is 0 Å². The fraction of sp³-hybridized carbons (Fsp3) is 0.625. The van der Waals surface area contributed by atoms with Crippen LogP contribution in [-0.2, 0) is 11.2 Å². The van der Waals surface area contributed by atoms with E-state index in [4.69, 9.17) is 9.47 Å². The van der Waals surface area contributed by atoms with Crippen molar-refractivity contribution in [3.8, 4) is 5.75 Å². The van der Waals surface area contributed by atoms with Crippen molar-refractivity contribution in [2.45, 2.75) is 33.2 Å². The van der Waals surface area contributed by atoms with E-state index in [2.05, 4.69) is 38.2 Å². The average molecular weight is 265 g/mol. The SMILES string of the molecule is CCNC(COc1ccc(CCOC)cc1)C(C)C. The highest BCUT2D eigenvalue weighted by Gasteiger charge is 2.12. The van der Waals surface area contributed by atoms with Gasteiger partial charge in [-0.1, -0.05) is 32.9 Å². The van der Waals surface area contributed by atoms with Crippen LogP contribution in [0.2, 0.25) is 0 Å². The molecule has 1 aromatic rings. The van der Waals surface area contributed by atoms with Crippen molar-refractivity contribution in [3.05, 3.63) is 29.8 Å². The van der Waals surface area contributed by atoms with Gasteiger partial charge in [-0.05, 0) is 36.6 Å². The first-order valence-corrected chi connectivity index (χ1v) is 7.11. The molecule has 0 saturated carbocycles. The third kappa shape index (κ3) is 6.08. The Morgan fingerprint density at radius 1 is 1.16 bits per heavy atom. The molecule has 0 aliphatic carbocycles. The lowest BCUT2D eigenvalue weighted by Crippen LogP contribution is -2.38. The molecule has 0 aromatic heterocycles. The van der Waals surface area contributed by atoms with Crippen LogP contribution in [0.5, 0.6) is 5.75 Å². The summed E-state index contributed by atoms with van der Waals surface area (Å²) in [4.78, 5) is 0. The molecule has 0 spiro atoms. The number of rotatable bonds is 9. The third-order valence-electron chi connectivity index (χ3n) is 3.22. The summed E-state index contributed by atoms with van der Waals surface area (Å²) in [7, 11) is 1.73. The quantitative estimate of drug-likeness (QED) is 0.744. The molecule has 0 saturated heterocycles. The number of benzene rings is 1. The van der Waals surface area contributed by atoms with E-state index in [-0.39, 0.29) is 0 Å². The van der Waals surface area contributed by atoms with E-state index < -0.39 is 0 Å². The Balaban J connectivity index is 2.43. The second kappa shape index (κ2) is 8.94. The highest BCUT2D eigenvalue weighted by Crippen LogP contribution is 2.14. The fourth-order valence-electron chi connectivity index (χ4n) is 1.91. The molecule has 3 nitrogen and oxygen atoms in total. The summed E-state index contributed by atoms with van der Waals surface area (Å²) in [5.74, 6) is 1.51. The normalized spacial score (nSPS) is 12.7. The Kier molecular flexibility index (Phi) is 7.53. The summed E-state index contributed by atoms with van der Waals surface area (Å²) >= 11 is 0. The van der Waals surface area contributed by atoms with E-state index in [1.807, 2.05) is 12.1 Å². The molecule has 0 amide bonds. The third-order valence-corrected chi connectivity index (χ3v) is 3.22. The average Bonchev–Trinajstić information content (AvgIpc) is 2.42. The number of likely N-dealkylation sites (N-methyl/N-ethyl adjacent to an activating group) is 1. The Bertz CT molecular complexity index is 335. The Hall–Kier alpha value is -1.06. The minimum Gasteiger partial charge on any atom is -0.492 e. The molecule has 1 unspecified atom stereocenters. The molecule has 0 heterocycles. The molecular formula is C16H27NO2.